The quantitative estimate of drug-likeness (QED) is 0.895. The van der Waals surface area contributed by atoms with Gasteiger partial charge in [-0.05, 0) is 31.9 Å². The summed E-state index contributed by atoms with van der Waals surface area (Å²) in [5.74, 6) is -1.86. The van der Waals surface area contributed by atoms with Crippen LogP contribution in [0.1, 0.15) is 24.8 Å². The van der Waals surface area contributed by atoms with Gasteiger partial charge in [0.05, 0.1) is 12.0 Å². The largest absolute Gasteiger partial charge is 0.358 e. The summed E-state index contributed by atoms with van der Waals surface area (Å²) in [5.41, 5.74) is -0.304. The highest BCUT2D eigenvalue weighted by atomic mass is 19.2. The molecule has 1 aromatic rings. The first kappa shape index (κ1) is 17.8. The molecule has 1 spiro atoms. The number of hydrogen-bond donors (Lipinski definition) is 1. The van der Waals surface area contributed by atoms with E-state index in [0.717, 1.165) is 18.9 Å². The lowest BCUT2D eigenvalue weighted by Gasteiger charge is -2.39. The average Bonchev–Trinajstić information content (AvgIpc) is 2.99. The highest BCUT2D eigenvalue weighted by Gasteiger charge is 2.48. The summed E-state index contributed by atoms with van der Waals surface area (Å²) in [7, 11) is 1.59. The summed E-state index contributed by atoms with van der Waals surface area (Å²) in [6.45, 7) is 2.15. The summed E-state index contributed by atoms with van der Waals surface area (Å²) in [5, 5.41) is 2.59. The van der Waals surface area contributed by atoms with Crippen LogP contribution in [0.3, 0.4) is 0 Å². The third kappa shape index (κ3) is 3.51. The zero-order valence-electron chi connectivity index (χ0n) is 14.4. The second-order valence-electron chi connectivity index (χ2n) is 6.96. The number of rotatable bonds is 4. The number of amides is 2. The lowest BCUT2D eigenvalue weighted by atomic mass is 9.78. The minimum atomic E-state index is -0.894. The Hall–Kier alpha value is -2.02. The van der Waals surface area contributed by atoms with Crippen LogP contribution in [-0.2, 0) is 16.1 Å². The highest BCUT2D eigenvalue weighted by Crippen LogP contribution is 2.40. The summed E-state index contributed by atoms with van der Waals surface area (Å²) < 4.78 is 27.3. The number of halogens is 2. The van der Waals surface area contributed by atoms with Crippen LogP contribution in [0.25, 0.3) is 0 Å². The van der Waals surface area contributed by atoms with Crippen LogP contribution in [0.2, 0.25) is 0 Å². The smallest absolute Gasteiger partial charge is 0.233 e. The molecule has 0 saturated carbocycles. The van der Waals surface area contributed by atoms with Crippen molar-refractivity contribution in [3.05, 3.63) is 35.4 Å². The summed E-state index contributed by atoms with van der Waals surface area (Å²) in [4.78, 5) is 28.2. The Balaban J connectivity index is 1.71. The number of likely N-dealkylation sites (N-methyl/N-ethyl adjacent to an activating group) is 1. The number of nitrogens with one attached hydrogen (secondary N) is 1. The first-order chi connectivity index (χ1) is 11.9. The molecule has 2 heterocycles. The van der Waals surface area contributed by atoms with E-state index in [-0.39, 0.29) is 30.5 Å². The molecule has 1 atom stereocenters. The number of benzene rings is 1. The molecule has 2 aliphatic heterocycles. The van der Waals surface area contributed by atoms with Crippen LogP contribution in [0.5, 0.6) is 0 Å². The number of nitrogens with zero attached hydrogens (tertiary/aromatic N) is 2. The van der Waals surface area contributed by atoms with Crippen molar-refractivity contribution < 1.29 is 18.4 Å². The Morgan fingerprint density at radius 2 is 2.08 bits per heavy atom. The molecule has 0 aliphatic carbocycles. The second-order valence-corrected chi connectivity index (χ2v) is 6.96. The highest BCUT2D eigenvalue weighted by molar-refractivity contribution is 5.84. The SMILES string of the molecule is CNC(=O)CN1CC[C@]2(CCCN(Cc3cccc(F)c3F)C2=O)C1. The predicted octanol–water partition coefficient (Wildman–Crippen LogP) is 1.53. The van der Waals surface area contributed by atoms with E-state index in [9.17, 15) is 18.4 Å². The van der Waals surface area contributed by atoms with Gasteiger partial charge in [-0.2, -0.15) is 0 Å². The molecule has 5 nitrogen and oxygen atoms in total. The van der Waals surface area contributed by atoms with Gasteiger partial charge >= 0.3 is 0 Å². The molecule has 0 radical (unpaired) electrons. The van der Waals surface area contributed by atoms with E-state index in [0.29, 0.717) is 26.1 Å². The molecule has 0 unspecified atom stereocenters. The third-order valence-corrected chi connectivity index (χ3v) is 5.30. The van der Waals surface area contributed by atoms with Crippen molar-refractivity contribution in [2.75, 3.05) is 33.2 Å². The van der Waals surface area contributed by atoms with Crippen LogP contribution >= 0.6 is 0 Å². The Morgan fingerprint density at radius 3 is 2.84 bits per heavy atom. The zero-order valence-corrected chi connectivity index (χ0v) is 14.4. The van der Waals surface area contributed by atoms with Gasteiger partial charge in [0, 0.05) is 32.2 Å². The summed E-state index contributed by atoms with van der Waals surface area (Å²) >= 11 is 0. The maximum atomic E-state index is 13.9. The fraction of sp³-hybridized carbons (Fsp3) is 0.556. The van der Waals surface area contributed by atoms with Crippen molar-refractivity contribution in [3.63, 3.8) is 0 Å². The monoisotopic (exact) mass is 351 g/mol. The van der Waals surface area contributed by atoms with Gasteiger partial charge in [0.15, 0.2) is 11.6 Å². The van der Waals surface area contributed by atoms with Crippen LogP contribution in [-0.4, -0.2) is 54.8 Å². The first-order valence-electron chi connectivity index (χ1n) is 8.60. The first-order valence-corrected chi connectivity index (χ1v) is 8.60. The van der Waals surface area contributed by atoms with Crippen LogP contribution in [0.15, 0.2) is 18.2 Å². The Morgan fingerprint density at radius 1 is 1.28 bits per heavy atom. The van der Waals surface area contributed by atoms with Gasteiger partial charge in [0.2, 0.25) is 11.8 Å². The number of carbonyl (C=O) groups is 2. The molecule has 1 N–H and O–H groups in total. The molecule has 0 aromatic heterocycles. The van der Waals surface area contributed by atoms with Crippen molar-refractivity contribution in [3.8, 4) is 0 Å². The van der Waals surface area contributed by atoms with Crippen LogP contribution < -0.4 is 5.32 Å². The van der Waals surface area contributed by atoms with E-state index in [1.54, 1.807) is 11.9 Å². The third-order valence-electron chi connectivity index (χ3n) is 5.30. The van der Waals surface area contributed by atoms with E-state index in [2.05, 4.69) is 5.32 Å². The topological polar surface area (TPSA) is 52.7 Å². The molecule has 25 heavy (non-hydrogen) atoms. The Labute approximate surface area is 146 Å². The van der Waals surface area contributed by atoms with Gasteiger partial charge in [-0.3, -0.25) is 14.5 Å². The van der Waals surface area contributed by atoms with Crippen molar-refractivity contribution in [2.45, 2.75) is 25.8 Å². The molecular formula is C18H23F2N3O2. The molecule has 7 heteroatoms. The molecule has 1 aromatic carbocycles. The number of likely N-dealkylation sites (tertiary alicyclic amines) is 2. The van der Waals surface area contributed by atoms with E-state index in [4.69, 9.17) is 0 Å². The normalized spacial score (nSPS) is 24.1. The predicted molar refractivity (Wildman–Crippen MR) is 88.6 cm³/mol. The maximum Gasteiger partial charge on any atom is 0.233 e. The van der Waals surface area contributed by atoms with Gasteiger partial charge in [0.1, 0.15) is 0 Å². The zero-order chi connectivity index (χ0) is 18.0. The van der Waals surface area contributed by atoms with Crippen molar-refractivity contribution in [2.24, 2.45) is 5.41 Å². The number of carbonyl (C=O) groups excluding carboxylic acids is 2. The second kappa shape index (κ2) is 7.07. The Bertz CT molecular complexity index is 682. The van der Waals surface area contributed by atoms with Crippen molar-refractivity contribution >= 4 is 11.8 Å². The summed E-state index contributed by atoms with van der Waals surface area (Å²) in [6.07, 6.45) is 2.31. The standard InChI is InChI=1S/C18H23F2N3O2/c1-21-15(24)11-22-9-7-18(12-22)6-3-8-23(17(18)25)10-13-4-2-5-14(19)16(13)20/h2,4-5H,3,6-12H2,1H3,(H,21,24)/t18-/m1/s1. The van der Waals surface area contributed by atoms with E-state index in [1.165, 1.54) is 12.1 Å². The maximum absolute atomic E-state index is 13.9. The van der Waals surface area contributed by atoms with Gasteiger partial charge in [-0.1, -0.05) is 12.1 Å². The molecule has 0 bridgehead atoms. The van der Waals surface area contributed by atoms with Crippen molar-refractivity contribution in [1.82, 2.24) is 15.1 Å². The van der Waals surface area contributed by atoms with Gasteiger partial charge in [-0.15, -0.1) is 0 Å². The lowest BCUT2D eigenvalue weighted by Crippen LogP contribution is -2.50. The lowest BCUT2D eigenvalue weighted by molar-refractivity contribution is -0.146. The molecule has 2 fully saturated rings. The molecular weight excluding hydrogens is 328 g/mol. The number of hydrogen-bond acceptors (Lipinski definition) is 3. The molecule has 2 amide bonds. The molecule has 136 valence electrons. The minimum absolute atomic E-state index is 0.0122. The minimum Gasteiger partial charge on any atom is -0.358 e. The molecule has 2 saturated heterocycles. The van der Waals surface area contributed by atoms with E-state index < -0.39 is 17.0 Å². The summed E-state index contributed by atoms with van der Waals surface area (Å²) in [6, 6.07) is 4.05. The van der Waals surface area contributed by atoms with Gasteiger partial charge in [-0.25, -0.2) is 8.78 Å². The fourth-order valence-electron chi connectivity index (χ4n) is 3.93. The van der Waals surface area contributed by atoms with Crippen LogP contribution in [0.4, 0.5) is 8.78 Å². The number of piperidine rings is 1. The van der Waals surface area contributed by atoms with Crippen molar-refractivity contribution in [1.29, 1.82) is 0 Å². The molecule has 2 aliphatic rings. The Kier molecular flexibility index (Phi) is 5.03. The fourth-order valence-corrected chi connectivity index (χ4v) is 3.93. The average molecular weight is 351 g/mol. The molecule has 3 rings (SSSR count). The van der Waals surface area contributed by atoms with E-state index in [1.807, 2.05) is 4.90 Å². The van der Waals surface area contributed by atoms with Crippen LogP contribution in [0, 0.1) is 17.0 Å². The van der Waals surface area contributed by atoms with Gasteiger partial charge < -0.3 is 10.2 Å². The van der Waals surface area contributed by atoms with E-state index >= 15 is 0 Å². The van der Waals surface area contributed by atoms with Gasteiger partial charge in [0.25, 0.3) is 0 Å².